The van der Waals surface area contributed by atoms with Crippen LogP contribution < -0.4 is 5.32 Å². The van der Waals surface area contributed by atoms with Gasteiger partial charge in [0.05, 0.1) is 12.3 Å². The van der Waals surface area contributed by atoms with Gasteiger partial charge in [-0.1, -0.05) is 0 Å². The number of aromatic nitrogens is 1. The van der Waals surface area contributed by atoms with Gasteiger partial charge in [0.2, 0.25) is 0 Å². The van der Waals surface area contributed by atoms with Crippen molar-refractivity contribution in [2.24, 2.45) is 0 Å². The van der Waals surface area contributed by atoms with Crippen molar-refractivity contribution in [2.75, 3.05) is 19.6 Å². The van der Waals surface area contributed by atoms with Crippen molar-refractivity contribution in [3.05, 3.63) is 54.2 Å². The van der Waals surface area contributed by atoms with Crippen LogP contribution in [0.15, 0.2) is 47.3 Å². The van der Waals surface area contributed by atoms with E-state index in [1.165, 1.54) is 31.5 Å². The van der Waals surface area contributed by atoms with Crippen LogP contribution in [0.5, 0.6) is 0 Å². The Balaban J connectivity index is 1.59. The monoisotopic (exact) mass is 271 g/mol. The highest BCUT2D eigenvalue weighted by molar-refractivity contribution is 5.10. The summed E-state index contributed by atoms with van der Waals surface area (Å²) in [4.78, 5) is 6.55. The van der Waals surface area contributed by atoms with Gasteiger partial charge < -0.3 is 9.73 Å². The van der Waals surface area contributed by atoms with E-state index in [4.69, 9.17) is 4.42 Å². The summed E-state index contributed by atoms with van der Waals surface area (Å²) in [7, 11) is 0. The fraction of sp³-hybridized carbons (Fsp3) is 0.438. The van der Waals surface area contributed by atoms with Crippen LogP contribution in [0, 0.1) is 0 Å². The van der Waals surface area contributed by atoms with Crippen LogP contribution in [0.4, 0.5) is 0 Å². The van der Waals surface area contributed by atoms with Gasteiger partial charge in [0.1, 0.15) is 5.76 Å². The molecule has 1 aliphatic rings. The molecule has 1 aliphatic heterocycles. The zero-order valence-electron chi connectivity index (χ0n) is 11.7. The first-order chi connectivity index (χ1) is 9.93. The molecule has 0 bridgehead atoms. The normalized spacial score (nSPS) is 17.4. The fourth-order valence-electron chi connectivity index (χ4n) is 2.80. The zero-order valence-corrected chi connectivity index (χ0v) is 11.7. The van der Waals surface area contributed by atoms with Crippen molar-refractivity contribution in [3.63, 3.8) is 0 Å². The zero-order chi connectivity index (χ0) is 13.6. The van der Waals surface area contributed by atoms with Gasteiger partial charge in [-0.25, -0.2) is 0 Å². The Kier molecular flexibility index (Phi) is 4.46. The smallest absolute Gasteiger partial charge is 0.122 e. The van der Waals surface area contributed by atoms with Gasteiger partial charge in [-0.3, -0.25) is 9.88 Å². The van der Waals surface area contributed by atoms with E-state index in [1.54, 1.807) is 6.26 Å². The minimum Gasteiger partial charge on any atom is -0.468 e. The molecule has 0 aliphatic carbocycles. The summed E-state index contributed by atoms with van der Waals surface area (Å²) >= 11 is 0. The first-order valence-corrected chi connectivity index (χ1v) is 7.30. The number of hydrogen-bond donors (Lipinski definition) is 1. The summed E-state index contributed by atoms with van der Waals surface area (Å²) in [5.41, 5.74) is 1.26. The van der Waals surface area contributed by atoms with Crippen molar-refractivity contribution in [2.45, 2.75) is 25.4 Å². The maximum atomic E-state index is 5.62. The summed E-state index contributed by atoms with van der Waals surface area (Å²) in [5, 5.41) is 3.54. The highest BCUT2D eigenvalue weighted by Crippen LogP contribution is 2.24. The van der Waals surface area contributed by atoms with Gasteiger partial charge in [-0.05, 0) is 55.8 Å². The second-order valence-corrected chi connectivity index (χ2v) is 5.26. The maximum Gasteiger partial charge on any atom is 0.122 e. The predicted octanol–water partition coefficient (Wildman–Crippen LogP) is 2.60. The average molecular weight is 271 g/mol. The first kappa shape index (κ1) is 13.3. The van der Waals surface area contributed by atoms with Crippen LogP contribution in [-0.4, -0.2) is 29.5 Å². The van der Waals surface area contributed by atoms with E-state index in [0.717, 1.165) is 18.8 Å². The standard InChI is InChI=1S/C16H21N3O/c1-2-10-19(9-1)15(16-4-3-11-20-16)13-18-12-14-5-7-17-8-6-14/h3-8,11,15,18H,1-2,9-10,12-13H2. The van der Waals surface area contributed by atoms with E-state index in [0.29, 0.717) is 6.04 Å². The fourth-order valence-corrected chi connectivity index (χ4v) is 2.80. The lowest BCUT2D eigenvalue weighted by Crippen LogP contribution is -2.33. The molecular formula is C16H21N3O. The molecule has 1 N–H and O–H groups in total. The highest BCUT2D eigenvalue weighted by atomic mass is 16.3. The number of nitrogens with zero attached hydrogens (tertiary/aromatic N) is 2. The Hall–Kier alpha value is -1.65. The first-order valence-electron chi connectivity index (χ1n) is 7.30. The van der Waals surface area contributed by atoms with Crippen LogP contribution in [0.3, 0.4) is 0 Å². The molecule has 106 valence electrons. The summed E-state index contributed by atoms with van der Waals surface area (Å²) < 4.78 is 5.62. The lowest BCUT2D eigenvalue weighted by Gasteiger charge is -2.26. The molecule has 4 nitrogen and oxygen atoms in total. The van der Waals surface area contributed by atoms with Crippen molar-refractivity contribution in [1.29, 1.82) is 0 Å². The van der Waals surface area contributed by atoms with Gasteiger partial charge >= 0.3 is 0 Å². The lowest BCUT2D eigenvalue weighted by molar-refractivity contribution is 0.209. The average Bonchev–Trinajstić information content (AvgIpc) is 3.18. The second kappa shape index (κ2) is 6.68. The maximum absolute atomic E-state index is 5.62. The molecular weight excluding hydrogens is 250 g/mol. The van der Waals surface area contributed by atoms with E-state index in [1.807, 2.05) is 30.6 Å². The Morgan fingerprint density at radius 3 is 2.70 bits per heavy atom. The molecule has 3 rings (SSSR count). The molecule has 2 aromatic heterocycles. The molecule has 4 heteroatoms. The second-order valence-electron chi connectivity index (χ2n) is 5.26. The lowest BCUT2D eigenvalue weighted by atomic mass is 10.2. The molecule has 1 fully saturated rings. The van der Waals surface area contributed by atoms with Crippen LogP contribution in [0.1, 0.15) is 30.2 Å². The van der Waals surface area contributed by atoms with Crippen molar-refractivity contribution < 1.29 is 4.42 Å². The number of nitrogens with one attached hydrogen (secondary N) is 1. The van der Waals surface area contributed by atoms with Crippen LogP contribution in [0.2, 0.25) is 0 Å². The van der Waals surface area contributed by atoms with E-state index in [9.17, 15) is 0 Å². The SMILES string of the molecule is c1coc(C(CNCc2ccncc2)N2CCCC2)c1. The Labute approximate surface area is 119 Å². The number of rotatable bonds is 6. The molecule has 3 heterocycles. The molecule has 1 saturated heterocycles. The Morgan fingerprint density at radius 2 is 2.00 bits per heavy atom. The topological polar surface area (TPSA) is 41.3 Å². The van der Waals surface area contributed by atoms with Crippen molar-refractivity contribution in [3.8, 4) is 0 Å². The third kappa shape index (κ3) is 3.26. The third-order valence-electron chi connectivity index (χ3n) is 3.87. The minimum atomic E-state index is 0.342. The summed E-state index contributed by atoms with van der Waals surface area (Å²) in [5.74, 6) is 1.06. The van der Waals surface area contributed by atoms with E-state index in [2.05, 4.69) is 21.3 Å². The van der Waals surface area contributed by atoms with Crippen LogP contribution in [-0.2, 0) is 6.54 Å². The predicted molar refractivity (Wildman–Crippen MR) is 78.2 cm³/mol. The van der Waals surface area contributed by atoms with Crippen molar-refractivity contribution in [1.82, 2.24) is 15.2 Å². The van der Waals surface area contributed by atoms with E-state index >= 15 is 0 Å². The molecule has 0 saturated carbocycles. The molecule has 1 atom stereocenters. The summed E-state index contributed by atoms with van der Waals surface area (Å²) in [6.07, 6.45) is 8.02. The van der Waals surface area contributed by atoms with Gasteiger partial charge in [0.25, 0.3) is 0 Å². The molecule has 0 amide bonds. The number of furan rings is 1. The molecule has 1 unspecified atom stereocenters. The quantitative estimate of drug-likeness (QED) is 0.877. The highest BCUT2D eigenvalue weighted by Gasteiger charge is 2.24. The Bertz CT molecular complexity index is 492. The third-order valence-corrected chi connectivity index (χ3v) is 3.87. The molecule has 0 spiro atoms. The molecule has 2 aromatic rings. The van der Waals surface area contributed by atoms with E-state index < -0.39 is 0 Å². The minimum absolute atomic E-state index is 0.342. The van der Waals surface area contributed by atoms with Gasteiger partial charge in [-0.15, -0.1) is 0 Å². The Morgan fingerprint density at radius 1 is 1.20 bits per heavy atom. The number of pyridine rings is 1. The molecule has 0 radical (unpaired) electrons. The van der Waals surface area contributed by atoms with Crippen LogP contribution >= 0.6 is 0 Å². The molecule has 0 aromatic carbocycles. The number of hydrogen-bond acceptors (Lipinski definition) is 4. The van der Waals surface area contributed by atoms with Gasteiger partial charge in [0, 0.05) is 25.5 Å². The summed E-state index contributed by atoms with van der Waals surface area (Å²) in [6.45, 7) is 4.12. The van der Waals surface area contributed by atoms with Gasteiger partial charge in [0.15, 0.2) is 0 Å². The van der Waals surface area contributed by atoms with Gasteiger partial charge in [-0.2, -0.15) is 0 Å². The summed E-state index contributed by atoms with van der Waals surface area (Å²) in [6, 6.07) is 8.49. The molecule has 20 heavy (non-hydrogen) atoms. The van der Waals surface area contributed by atoms with Crippen molar-refractivity contribution >= 4 is 0 Å². The van der Waals surface area contributed by atoms with E-state index in [-0.39, 0.29) is 0 Å². The number of likely N-dealkylation sites (tertiary alicyclic amines) is 1. The van der Waals surface area contributed by atoms with Crippen LogP contribution in [0.25, 0.3) is 0 Å². The largest absolute Gasteiger partial charge is 0.468 e.